The smallest absolute Gasteiger partial charge is 0.138 e. The SMILES string of the molecule is N#Cc1ccc(COc2ccc(CCN)cc2Cl)cc1. The molecule has 4 heteroatoms. The largest absolute Gasteiger partial charge is 0.487 e. The van der Waals surface area contributed by atoms with Crippen molar-refractivity contribution in [2.75, 3.05) is 6.54 Å². The van der Waals surface area contributed by atoms with Gasteiger partial charge in [0.15, 0.2) is 0 Å². The number of nitriles is 1. The van der Waals surface area contributed by atoms with Crippen molar-refractivity contribution in [2.45, 2.75) is 13.0 Å². The fraction of sp³-hybridized carbons (Fsp3) is 0.188. The molecule has 0 spiro atoms. The van der Waals surface area contributed by atoms with E-state index in [4.69, 9.17) is 27.3 Å². The van der Waals surface area contributed by atoms with Crippen LogP contribution in [0.5, 0.6) is 5.75 Å². The predicted molar refractivity (Wildman–Crippen MR) is 79.7 cm³/mol. The maximum Gasteiger partial charge on any atom is 0.138 e. The van der Waals surface area contributed by atoms with Gasteiger partial charge in [0, 0.05) is 0 Å². The average molecular weight is 287 g/mol. The molecule has 0 aromatic heterocycles. The van der Waals surface area contributed by atoms with Gasteiger partial charge >= 0.3 is 0 Å². The highest BCUT2D eigenvalue weighted by molar-refractivity contribution is 6.32. The highest BCUT2D eigenvalue weighted by Crippen LogP contribution is 2.26. The Labute approximate surface area is 123 Å². The van der Waals surface area contributed by atoms with Crippen LogP contribution in [-0.2, 0) is 13.0 Å². The first-order valence-corrected chi connectivity index (χ1v) is 6.71. The zero-order chi connectivity index (χ0) is 14.4. The Bertz CT molecular complexity index is 617. The van der Waals surface area contributed by atoms with Crippen LogP contribution in [0.1, 0.15) is 16.7 Å². The van der Waals surface area contributed by atoms with Gasteiger partial charge in [0.1, 0.15) is 12.4 Å². The summed E-state index contributed by atoms with van der Waals surface area (Å²) in [7, 11) is 0. The van der Waals surface area contributed by atoms with Crippen molar-refractivity contribution in [1.29, 1.82) is 5.26 Å². The minimum atomic E-state index is 0.418. The Kier molecular flexibility index (Phi) is 5.00. The Hall–Kier alpha value is -2.02. The summed E-state index contributed by atoms with van der Waals surface area (Å²) in [5, 5.41) is 9.32. The third-order valence-electron chi connectivity index (χ3n) is 2.91. The number of hydrogen-bond acceptors (Lipinski definition) is 3. The Balaban J connectivity index is 2.01. The highest BCUT2D eigenvalue weighted by atomic mass is 35.5. The second kappa shape index (κ2) is 6.95. The maximum absolute atomic E-state index is 8.73. The Morgan fingerprint density at radius 2 is 1.80 bits per heavy atom. The lowest BCUT2D eigenvalue weighted by Crippen LogP contribution is -2.03. The van der Waals surface area contributed by atoms with E-state index in [-0.39, 0.29) is 0 Å². The highest BCUT2D eigenvalue weighted by Gasteiger charge is 2.03. The van der Waals surface area contributed by atoms with Crippen LogP contribution in [0.3, 0.4) is 0 Å². The molecule has 2 rings (SSSR count). The molecule has 0 radical (unpaired) electrons. The van der Waals surface area contributed by atoms with Crippen molar-refractivity contribution in [2.24, 2.45) is 5.73 Å². The maximum atomic E-state index is 8.73. The van der Waals surface area contributed by atoms with E-state index in [2.05, 4.69) is 6.07 Å². The van der Waals surface area contributed by atoms with Crippen LogP contribution in [-0.4, -0.2) is 6.54 Å². The van der Waals surface area contributed by atoms with Crippen molar-refractivity contribution in [3.05, 3.63) is 64.2 Å². The number of hydrogen-bond donors (Lipinski definition) is 1. The molecule has 0 saturated heterocycles. The summed E-state index contributed by atoms with van der Waals surface area (Å²) in [6.45, 7) is 1.02. The van der Waals surface area contributed by atoms with Crippen molar-refractivity contribution >= 4 is 11.6 Å². The van der Waals surface area contributed by atoms with Crippen molar-refractivity contribution in [3.8, 4) is 11.8 Å². The van der Waals surface area contributed by atoms with Gasteiger partial charge in [0.2, 0.25) is 0 Å². The molecular weight excluding hydrogens is 272 g/mol. The fourth-order valence-electron chi connectivity index (χ4n) is 1.82. The van der Waals surface area contributed by atoms with Gasteiger partial charge in [-0.05, 0) is 48.4 Å². The van der Waals surface area contributed by atoms with Crippen LogP contribution in [0, 0.1) is 11.3 Å². The molecule has 0 atom stereocenters. The van der Waals surface area contributed by atoms with E-state index in [1.54, 1.807) is 12.1 Å². The van der Waals surface area contributed by atoms with Gasteiger partial charge in [-0.25, -0.2) is 0 Å². The van der Waals surface area contributed by atoms with E-state index >= 15 is 0 Å². The first kappa shape index (κ1) is 14.4. The molecule has 102 valence electrons. The van der Waals surface area contributed by atoms with Gasteiger partial charge in [-0.3, -0.25) is 0 Å². The van der Waals surface area contributed by atoms with Gasteiger partial charge < -0.3 is 10.5 Å². The van der Waals surface area contributed by atoms with E-state index in [1.807, 2.05) is 30.3 Å². The molecule has 2 N–H and O–H groups in total. The summed E-state index contributed by atoms with van der Waals surface area (Å²) < 4.78 is 5.68. The number of nitrogens with zero attached hydrogens (tertiary/aromatic N) is 1. The molecule has 0 unspecified atom stereocenters. The number of ether oxygens (including phenoxy) is 1. The quantitative estimate of drug-likeness (QED) is 0.917. The molecule has 0 aliphatic heterocycles. The molecule has 0 amide bonds. The number of benzene rings is 2. The topological polar surface area (TPSA) is 59.0 Å². The second-order valence-corrected chi connectivity index (χ2v) is 4.81. The van der Waals surface area contributed by atoms with Crippen molar-refractivity contribution < 1.29 is 4.74 Å². The van der Waals surface area contributed by atoms with Crippen LogP contribution in [0.2, 0.25) is 5.02 Å². The minimum absolute atomic E-state index is 0.418. The predicted octanol–water partition coefficient (Wildman–Crippen LogP) is 3.29. The normalized spacial score (nSPS) is 10.1. The van der Waals surface area contributed by atoms with Crippen LogP contribution < -0.4 is 10.5 Å². The molecule has 0 heterocycles. The summed E-state index contributed by atoms with van der Waals surface area (Å²) >= 11 is 6.17. The number of nitrogens with two attached hydrogens (primary N) is 1. The molecule has 2 aromatic carbocycles. The minimum Gasteiger partial charge on any atom is -0.487 e. The van der Waals surface area contributed by atoms with Crippen LogP contribution in [0.25, 0.3) is 0 Å². The number of rotatable bonds is 5. The lowest BCUT2D eigenvalue weighted by atomic mass is 10.1. The Morgan fingerprint density at radius 1 is 1.10 bits per heavy atom. The molecule has 0 aliphatic rings. The lowest BCUT2D eigenvalue weighted by Gasteiger charge is -2.09. The van der Waals surface area contributed by atoms with Crippen LogP contribution in [0.15, 0.2) is 42.5 Å². The Morgan fingerprint density at radius 3 is 2.40 bits per heavy atom. The second-order valence-electron chi connectivity index (χ2n) is 4.40. The zero-order valence-electron chi connectivity index (χ0n) is 11.0. The average Bonchev–Trinajstić information content (AvgIpc) is 2.47. The third kappa shape index (κ3) is 3.74. The molecule has 0 saturated carbocycles. The van der Waals surface area contributed by atoms with Crippen LogP contribution >= 0.6 is 11.6 Å². The van der Waals surface area contributed by atoms with Crippen molar-refractivity contribution in [1.82, 2.24) is 0 Å². The van der Waals surface area contributed by atoms with Gasteiger partial charge in [-0.15, -0.1) is 0 Å². The summed E-state index contributed by atoms with van der Waals surface area (Å²) in [6.07, 6.45) is 0.801. The third-order valence-corrected chi connectivity index (χ3v) is 3.20. The lowest BCUT2D eigenvalue weighted by molar-refractivity contribution is 0.306. The molecule has 20 heavy (non-hydrogen) atoms. The molecular formula is C16H15ClN2O. The molecule has 0 bridgehead atoms. The monoisotopic (exact) mass is 286 g/mol. The fourth-order valence-corrected chi connectivity index (χ4v) is 2.08. The first-order valence-electron chi connectivity index (χ1n) is 6.33. The van der Waals surface area contributed by atoms with E-state index in [0.29, 0.717) is 29.5 Å². The van der Waals surface area contributed by atoms with E-state index in [1.165, 1.54) is 0 Å². The van der Waals surface area contributed by atoms with Gasteiger partial charge in [-0.2, -0.15) is 5.26 Å². The zero-order valence-corrected chi connectivity index (χ0v) is 11.7. The van der Waals surface area contributed by atoms with E-state index < -0.39 is 0 Å². The first-order chi connectivity index (χ1) is 9.72. The summed E-state index contributed by atoms with van der Waals surface area (Å²) in [6, 6.07) is 15.1. The molecule has 0 aliphatic carbocycles. The standard InChI is InChI=1S/C16H15ClN2O/c17-15-9-12(7-8-18)5-6-16(15)20-11-14-3-1-13(10-19)2-4-14/h1-6,9H,7-8,11,18H2. The molecule has 3 nitrogen and oxygen atoms in total. The van der Waals surface area contributed by atoms with Crippen molar-refractivity contribution in [3.63, 3.8) is 0 Å². The van der Waals surface area contributed by atoms with E-state index in [0.717, 1.165) is 17.5 Å². The van der Waals surface area contributed by atoms with Gasteiger partial charge in [-0.1, -0.05) is 29.8 Å². The summed E-state index contributed by atoms with van der Waals surface area (Å²) in [4.78, 5) is 0. The molecule has 0 fully saturated rings. The molecule has 2 aromatic rings. The van der Waals surface area contributed by atoms with Crippen LogP contribution in [0.4, 0.5) is 0 Å². The number of halogens is 1. The van der Waals surface area contributed by atoms with Gasteiger partial charge in [0.05, 0.1) is 16.7 Å². The summed E-state index contributed by atoms with van der Waals surface area (Å²) in [5.74, 6) is 0.650. The van der Waals surface area contributed by atoms with E-state index in [9.17, 15) is 0 Å². The summed E-state index contributed by atoms with van der Waals surface area (Å²) in [5.41, 5.74) is 8.24. The van der Waals surface area contributed by atoms with Gasteiger partial charge in [0.25, 0.3) is 0 Å².